The fourth-order valence-electron chi connectivity index (χ4n) is 4.55. The molecule has 0 radical (unpaired) electrons. The van der Waals surface area contributed by atoms with E-state index in [0.717, 1.165) is 6.07 Å². The van der Waals surface area contributed by atoms with E-state index in [4.69, 9.17) is 0 Å². The third kappa shape index (κ3) is 1.22. The van der Waals surface area contributed by atoms with Gasteiger partial charge in [-0.05, 0) is 55.1 Å². The average molecular weight is 248 g/mol. The van der Waals surface area contributed by atoms with Gasteiger partial charge in [0.1, 0.15) is 0 Å². The van der Waals surface area contributed by atoms with Crippen LogP contribution in [0.4, 0.5) is 8.78 Å². The minimum absolute atomic E-state index is 0.0208. The van der Waals surface area contributed by atoms with E-state index in [2.05, 4.69) is 0 Å². The molecule has 3 fully saturated rings. The first-order valence-electron chi connectivity index (χ1n) is 6.66. The van der Waals surface area contributed by atoms with Gasteiger partial charge in [-0.2, -0.15) is 0 Å². The molecule has 0 N–H and O–H groups in total. The molecular formula is C15H14F2O. The predicted molar refractivity (Wildman–Crippen MR) is 62.0 cm³/mol. The lowest BCUT2D eigenvalue weighted by Crippen LogP contribution is -2.12. The van der Waals surface area contributed by atoms with Crippen molar-refractivity contribution in [2.24, 2.45) is 29.6 Å². The molecule has 0 aliphatic heterocycles. The number of Topliss-reactive ketones (excluding diaryl/α,β-unsaturated/α-hetero) is 1. The molecule has 1 aromatic rings. The maximum Gasteiger partial charge on any atom is 0.169 e. The van der Waals surface area contributed by atoms with Gasteiger partial charge in [0.25, 0.3) is 0 Å². The van der Waals surface area contributed by atoms with Crippen LogP contribution in [0.5, 0.6) is 0 Å². The maximum absolute atomic E-state index is 13.6. The highest BCUT2D eigenvalue weighted by molar-refractivity contribution is 6.00. The Kier molecular flexibility index (Phi) is 2.01. The Bertz CT molecular complexity index is 523. The lowest BCUT2D eigenvalue weighted by atomic mass is 9.96. The van der Waals surface area contributed by atoms with Crippen molar-refractivity contribution in [3.63, 3.8) is 0 Å². The van der Waals surface area contributed by atoms with Gasteiger partial charge in [-0.3, -0.25) is 4.79 Å². The minimum Gasteiger partial charge on any atom is -0.294 e. The second kappa shape index (κ2) is 3.40. The molecule has 4 atom stereocenters. The number of carbonyl (C=O) groups excluding carboxylic acids is 1. The van der Waals surface area contributed by atoms with Gasteiger partial charge in [-0.1, -0.05) is 6.07 Å². The smallest absolute Gasteiger partial charge is 0.169 e. The van der Waals surface area contributed by atoms with Crippen molar-refractivity contribution in [3.8, 4) is 0 Å². The zero-order chi connectivity index (χ0) is 12.4. The zero-order valence-corrected chi connectivity index (χ0v) is 9.90. The summed E-state index contributed by atoms with van der Waals surface area (Å²) in [7, 11) is 0. The Balaban J connectivity index is 1.64. The van der Waals surface area contributed by atoms with Gasteiger partial charge >= 0.3 is 0 Å². The molecule has 1 nitrogen and oxygen atoms in total. The molecule has 3 heteroatoms. The number of carbonyl (C=O) groups is 1. The van der Waals surface area contributed by atoms with Crippen LogP contribution in [0.25, 0.3) is 0 Å². The Morgan fingerprint density at radius 3 is 2.44 bits per heavy atom. The molecule has 3 aliphatic carbocycles. The fourth-order valence-corrected chi connectivity index (χ4v) is 4.55. The maximum atomic E-state index is 13.6. The second-order valence-electron chi connectivity index (χ2n) is 5.98. The van der Waals surface area contributed by atoms with E-state index in [1.807, 2.05) is 0 Å². The SMILES string of the molecule is O=C(c1cccc(F)c1F)C1C2C3CCC(C3)C12. The lowest BCUT2D eigenvalue weighted by Gasteiger charge is -2.08. The molecule has 94 valence electrons. The van der Waals surface area contributed by atoms with Crippen molar-refractivity contribution in [1.82, 2.24) is 0 Å². The van der Waals surface area contributed by atoms with Gasteiger partial charge in [0.2, 0.25) is 0 Å². The standard InChI is InChI=1S/C15H14F2O/c16-10-3-1-2-9(14(10)17)15(18)13-11-7-4-5-8(6-7)12(11)13/h1-3,7-8,11-13H,4-6H2. The lowest BCUT2D eigenvalue weighted by molar-refractivity contribution is 0.0939. The van der Waals surface area contributed by atoms with Crippen LogP contribution >= 0.6 is 0 Å². The first-order valence-corrected chi connectivity index (χ1v) is 6.66. The predicted octanol–water partition coefficient (Wildman–Crippen LogP) is 3.44. The third-order valence-electron chi connectivity index (χ3n) is 5.26. The first-order chi connectivity index (χ1) is 8.68. The summed E-state index contributed by atoms with van der Waals surface area (Å²) < 4.78 is 26.8. The normalized spacial score (nSPS) is 39.8. The summed E-state index contributed by atoms with van der Waals surface area (Å²) in [5.41, 5.74) is -0.0474. The molecule has 0 aromatic heterocycles. The number of fused-ring (bicyclic) bond motifs is 5. The van der Waals surface area contributed by atoms with Crippen LogP contribution in [-0.4, -0.2) is 5.78 Å². The summed E-state index contributed by atoms with van der Waals surface area (Å²) in [5.74, 6) is 0.203. The van der Waals surface area contributed by atoms with Crippen LogP contribution in [-0.2, 0) is 0 Å². The van der Waals surface area contributed by atoms with Gasteiger partial charge in [0.15, 0.2) is 17.4 Å². The monoisotopic (exact) mass is 248 g/mol. The quantitative estimate of drug-likeness (QED) is 0.733. The molecule has 1 aromatic carbocycles. The fraction of sp³-hybridized carbons (Fsp3) is 0.533. The Hall–Kier alpha value is -1.25. The van der Waals surface area contributed by atoms with Gasteiger partial charge < -0.3 is 0 Å². The van der Waals surface area contributed by atoms with E-state index in [1.54, 1.807) is 0 Å². The summed E-state index contributed by atoms with van der Waals surface area (Å²) in [6.07, 6.45) is 3.70. The first kappa shape index (κ1) is 10.7. The highest BCUT2D eigenvalue weighted by Gasteiger charge is 2.67. The molecule has 3 aliphatic rings. The van der Waals surface area contributed by atoms with Crippen LogP contribution in [0, 0.1) is 41.2 Å². The molecule has 4 rings (SSSR count). The molecule has 2 bridgehead atoms. The molecule has 0 heterocycles. The number of benzene rings is 1. The van der Waals surface area contributed by atoms with Crippen LogP contribution in [0.15, 0.2) is 18.2 Å². The highest BCUT2D eigenvalue weighted by atomic mass is 19.2. The summed E-state index contributed by atoms with van der Waals surface area (Å²) in [5, 5.41) is 0. The number of ketones is 1. The van der Waals surface area contributed by atoms with Gasteiger partial charge in [0.05, 0.1) is 5.56 Å². The molecular weight excluding hydrogens is 234 g/mol. The number of rotatable bonds is 2. The highest BCUT2D eigenvalue weighted by Crippen LogP contribution is 2.69. The van der Waals surface area contributed by atoms with Gasteiger partial charge in [-0.15, -0.1) is 0 Å². The Morgan fingerprint density at radius 2 is 1.78 bits per heavy atom. The van der Waals surface area contributed by atoms with Crippen LogP contribution in [0.1, 0.15) is 29.6 Å². The van der Waals surface area contributed by atoms with Gasteiger partial charge in [-0.25, -0.2) is 8.78 Å². The van der Waals surface area contributed by atoms with Crippen LogP contribution in [0.2, 0.25) is 0 Å². The largest absolute Gasteiger partial charge is 0.294 e. The van der Waals surface area contributed by atoms with Crippen LogP contribution in [0.3, 0.4) is 0 Å². The summed E-state index contributed by atoms with van der Waals surface area (Å²) >= 11 is 0. The Labute approximate surface area is 104 Å². The molecule has 0 saturated heterocycles. The van der Waals surface area contributed by atoms with Crippen LogP contribution < -0.4 is 0 Å². The van der Waals surface area contributed by atoms with E-state index >= 15 is 0 Å². The van der Waals surface area contributed by atoms with Crippen molar-refractivity contribution < 1.29 is 13.6 Å². The summed E-state index contributed by atoms with van der Waals surface area (Å²) in [6, 6.07) is 3.89. The van der Waals surface area contributed by atoms with Crippen molar-refractivity contribution in [1.29, 1.82) is 0 Å². The van der Waals surface area contributed by atoms with E-state index in [-0.39, 0.29) is 17.3 Å². The van der Waals surface area contributed by atoms with E-state index in [1.165, 1.54) is 31.4 Å². The summed E-state index contributed by atoms with van der Waals surface area (Å²) in [6.45, 7) is 0. The van der Waals surface area contributed by atoms with Crippen molar-refractivity contribution in [2.75, 3.05) is 0 Å². The van der Waals surface area contributed by atoms with E-state index in [0.29, 0.717) is 23.7 Å². The minimum atomic E-state index is -0.972. The topological polar surface area (TPSA) is 17.1 Å². The molecule has 4 unspecified atom stereocenters. The Morgan fingerprint density at radius 1 is 1.11 bits per heavy atom. The zero-order valence-electron chi connectivity index (χ0n) is 9.90. The number of hydrogen-bond acceptors (Lipinski definition) is 1. The van der Waals surface area contributed by atoms with Crippen molar-refractivity contribution in [3.05, 3.63) is 35.4 Å². The molecule has 18 heavy (non-hydrogen) atoms. The molecule has 0 spiro atoms. The van der Waals surface area contributed by atoms with Gasteiger partial charge in [0, 0.05) is 5.92 Å². The number of halogens is 2. The molecule has 3 saturated carbocycles. The summed E-state index contributed by atoms with van der Waals surface area (Å²) in [4.78, 5) is 12.3. The second-order valence-corrected chi connectivity index (χ2v) is 5.98. The van der Waals surface area contributed by atoms with E-state index < -0.39 is 11.6 Å². The van der Waals surface area contributed by atoms with Crippen molar-refractivity contribution >= 4 is 5.78 Å². The third-order valence-corrected chi connectivity index (χ3v) is 5.26. The average Bonchev–Trinajstić information content (AvgIpc) is 2.80. The number of hydrogen-bond donors (Lipinski definition) is 0. The van der Waals surface area contributed by atoms with Crippen molar-refractivity contribution in [2.45, 2.75) is 19.3 Å². The molecule has 0 amide bonds. The van der Waals surface area contributed by atoms with E-state index in [9.17, 15) is 13.6 Å².